The molecule has 0 saturated carbocycles. The van der Waals surface area contributed by atoms with Gasteiger partial charge in [-0.1, -0.05) is 35.8 Å². The van der Waals surface area contributed by atoms with Crippen molar-refractivity contribution in [2.45, 2.75) is 39.0 Å². The summed E-state index contributed by atoms with van der Waals surface area (Å²) < 4.78 is 30.8. The molecule has 34 heavy (non-hydrogen) atoms. The van der Waals surface area contributed by atoms with E-state index in [1.54, 1.807) is 32.2 Å². The van der Waals surface area contributed by atoms with Crippen molar-refractivity contribution < 1.29 is 22.5 Å². The van der Waals surface area contributed by atoms with Crippen LogP contribution in [0.25, 0.3) is 0 Å². The number of nitrogens with one attached hydrogen (secondary N) is 2. The highest BCUT2D eigenvalue weighted by Crippen LogP contribution is 2.29. The molecule has 11 heteroatoms. The Morgan fingerprint density at radius 3 is 2.62 bits per heavy atom. The summed E-state index contributed by atoms with van der Waals surface area (Å²) >= 11 is 7.02. The van der Waals surface area contributed by atoms with E-state index in [2.05, 4.69) is 15.8 Å². The zero-order valence-corrected chi connectivity index (χ0v) is 21.5. The molecule has 0 saturated heterocycles. The van der Waals surface area contributed by atoms with Crippen LogP contribution in [0.4, 0.5) is 11.6 Å². The summed E-state index contributed by atoms with van der Waals surface area (Å²) in [6.45, 7) is 7.08. The summed E-state index contributed by atoms with van der Waals surface area (Å²) in [6, 6.07) is 4.97. The lowest BCUT2D eigenvalue weighted by molar-refractivity contribution is 0.0989. The number of ketones is 1. The fourth-order valence-corrected chi connectivity index (χ4v) is 5.87. The number of aryl methyl sites for hydroxylation is 3. The molecule has 180 valence electrons. The van der Waals surface area contributed by atoms with Crippen LogP contribution < -0.4 is 10.6 Å². The first-order chi connectivity index (χ1) is 16.0. The van der Waals surface area contributed by atoms with Gasteiger partial charge in [-0.15, -0.1) is 11.3 Å². The highest BCUT2D eigenvalue weighted by molar-refractivity contribution is 7.91. The normalized spacial score (nSPS) is 11.7. The van der Waals surface area contributed by atoms with Crippen LogP contribution >= 0.6 is 22.9 Å². The Balaban J connectivity index is 1.80. The zero-order valence-electron chi connectivity index (χ0n) is 19.1. The monoisotopic (exact) mass is 521 g/mol. The minimum absolute atomic E-state index is 0.0464. The SMILES string of the molecule is CCC(=O)c1cc(C)cc(C)c1NC(=O)c1sccc1S(=O)(=O)CC=CNc1onc(C)c1Cl. The standard InChI is InChI=1S/C23H24ClN3O5S2/c1-5-17(28)16-12-13(2)11-14(3)20(16)26-22(29)21-18(7-9-33-21)34(30,31)10-6-8-25-23-19(24)15(4)27-32-23/h6-9,11-12,25H,5,10H2,1-4H3,(H,26,29). The Labute approximate surface area is 206 Å². The van der Waals surface area contributed by atoms with E-state index >= 15 is 0 Å². The van der Waals surface area contributed by atoms with Gasteiger partial charge in [0, 0.05) is 18.2 Å². The second kappa shape index (κ2) is 10.5. The number of hydrogen-bond acceptors (Lipinski definition) is 8. The van der Waals surface area contributed by atoms with Crippen LogP contribution in [0.15, 0.2) is 45.3 Å². The van der Waals surface area contributed by atoms with Gasteiger partial charge in [-0.2, -0.15) is 0 Å². The summed E-state index contributed by atoms with van der Waals surface area (Å²) in [7, 11) is -3.82. The first-order valence-corrected chi connectivity index (χ1v) is 13.3. The maximum Gasteiger partial charge on any atom is 0.267 e. The molecule has 0 atom stereocenters. The van der Waals surface area contributed by atoms with Gasteiger partial charge in [-0.05, 0) is 49.4 Å². The topological polar surface area (TPSA) is 118 Å². The number of rotatable bonds is 9. The first-order valence-electron chi connectivity index (χ1n) is 10.3. The van der Waals surface area contributed by atoms with Crippen molar-refractivity contribution in [2.75, 3.05) is 16.4 Å². The number of nitrogens with zero attached hydrogens (tertiary/aromatic N) is 1. The Morgan fingerprint density at radius 1 is 1.24 bits per heavy atom. The van der Waals surface area contributed by atoms with Crippen LogP contribution in [-0.2, 0) is 9.84 Å². The predicted octanol–water partition coefficient (Wildman–Crippen LogP) is 5.56. The number of halogens is 1. The molecule has 1 amide bonds. The number of carbonyl (C=O) groups is 2. The number of anilines is 2. The van der Waals surface area contributed by atoms with E-state index < -0.39 is 15.7 Å². The molecular formula is C23H24ClN3O5S2. The number of hydrogen-bond donors (Lipinski definition) is 2. The fraction of sp³-hybridized carbons (Fsp3) is 0.261. The average Bonchev–Trinajstić information content (AvgIpc) is 3.41. The van der Waals surface area contributed by atoms with Gasteiger partial charge in [0.1, 0.15) is 15.6 Å². The van der Waals surface area contributed by atoms with Crippen LogP contribution in [0.5, 0.6) is 0 Å². The van der Waals surface area contributed by atoms with Crippen LogP contribution in [0.3, 0.4) is 0 Å². The lowest BCUT2D eigenvalue weighted by Crippen LogP contribution is -2.18. The Bertz CT molecular complexity index is 1370. The van der Waals surface area contributed by atoms with Crippen LogP contribution in [0.2, 0.25) is 5.02 Å². The molecule has 2 aromatic heterocycles. The molecule has 0 spiro atoms. The molecule has 3 rings (SSSR count). The van der Waals surface area contributed by atoms with Crippen molar-refractivity contribution in [2.24, 2.45) is 0 Å². The second-order valence-corrected chi connectivity index (χ2v) is 10.9. The van der Waals surface area contributed by atoms with E-state index in [9.17, 15) is 18.0 Å². The van der Waals surface area contributed by atoms with Crippen molar-refractivity contribution in [1.82, 2.24) is 5.16 Å². The van der Waals surface area contributed by atoms with Crippen molar-refractivity contribution >= 4 is 56.0 Å². The Kier molecular flexibility index (Phi) is 7.96. The van der Waals surface area contributed by atoms with Crippen LogP contribution in [0.1, 0.15) is 50.2 Å². The number of amides is 1. The molecule has 3 aromatic rings. The third-order valence-electron chi connectivity index (χ3n) is 4.95. The van der Waals surface area contributed by atoms with Crippen molar-refractivity contribution in [3.8, 4) is 0 Å². The van der Waals surface area contributed by atoms with Gasteiger partial charge in [0.2, 0.25) is 5.88 Å². The van der Waals surface area contributed by atoms with Gasteiger partial charge in [0.25, 0.3) is 5.91 Å². The van der Waals surface area contributed by atoms with E-state index in [-0.39, 0.29) is 33.6 Å². The van der Waals surface area contributed by atoms with Gasteiger partial charge in [-0.3, -0.25) is 9.59 Å². The molecule has 0 unspecified atom stereocenters. The van der Waals surface area contributed by atoms with Gasteiger partial charge < -0.3 is 15.2 Å². The quantitative estimate of drug-likeness (QED) is 0.354. The maximum atomic E-state index is 13.1. The summed E-state index contributed by atoms with van der Waals surface area (Å²) in [6.07, 6.45) is 3.04. The van der Waals surface area contributed by atoms with Crippen molar-refractivity contribution in [3.63, 3.8) is 0 Å². The van der Waals surface area contributed by atoms with E-state index in [0.717, 1.165) is 22.5 Å². The van der Waals surface area contributed by atoms with Gasteiger partial charge in [0.05, 0.1) is 16.3 Å². The number of Topliss-reactive ketones (excluding diaryl/α,β-unsaturated/α-hetero) is 1. The largest absolute Gasteiger partial charge is 0.337 e. The lowest BCUT2D eigenvalue weighted by atomic mass is 9.99. The maximum absolute atomic E-state index is 13.1. The first kappa shape index (κ1) is 25.7. The summed E-state index contributed by atoms with van der Waals surface area (Å²) in [5.41, 5.74) is 2.93. The van der Waals surface area contributed by atoms with Crippen LogP contribution in [0, 0.1) is 20.8 Å². The highest BCUT2D eigenvalue weighted by atomic mass is 35.5. The third-order valence-corrected chi connectivity index (χ3v) is 8.08. The summed E-state index contributed by atoms with van der Waals surface area (Å²) in [5, 5.41) is 11.0. The molecule has 8 nitrogen and oxygen atoms in total. The predicted molar refractivity (Wildman–Crippen MR) is 134 cm³/mol. The zero-order chi connectivity index (χ0) is 25.0. The van der Waals surface area contributed by atoms with Crippen molar-refractivity contribution in [3.05, 3.63) is 68.1 Å². The molecule has 0 aliphatic heterocycles. The minimum Gasteiger partial charge on any atom is -0.337 e. The molecule has 0 bridgehead atoms. The number of carbonyl (C=O) groups excluding carboxylic acids is 2. The minimum atomic E-state index is -3.82. The second-order valence-electron chi connectivity index (χ2n) is 7.59. The Hall–Kier alpha value is -2.95. The summed E-state index contributed by atoms with van der Waals surface area (Å²) in [5.74, 6) is -0.850. The smallest absolute Gasteiger partial charge is 0.267 e. The van der Waals surface area contributed by atoms with Gasteiger partial charge in [-0.25, -0.2) is 8.42 Å². The van der Waals surface area contributed by atoms with E-state index in [4.69, 9.17) is 16.1 Å². The molecule has 0 aliphatic rings. The molecular weight excluding hydrogens is 498 g/mol. The van der Waals surface area contributed by atoms with Gasteiger partial charge >= 0.3 is 0 Å². The van der Waals surface area contributed by atoms with E-state index in [1.807, 2.05) is 13.0 Å². The molecule has 1 aromatic carbocycles. The molecule has 2 heterocycles. The highest BCUT2D eigenvalue weighted by Gasteiger charge is 2.25. The molecule has 0 aliphatic carbocycles. The lowest BCUT2D eigenvalue weighted by Gasteiger charge is -2.14. The van der Waals surface area contributed by atoms with Crippen LogP contribution in [-0.4, -0.2) is 31.0 Å². The van der Waals surface area contributed by atoms with E-state index in [0.29, 0.717) is 22.0 Å². The molecule has 0 fully saturated rings. The van der Waals surface area contributed by atoms with Gasteiger partial charge in [0.15, 0.2) is 15.6 Å². The Morgan fingerprint density at radius 2 is 1.97 bits per heavy atom. The molecule has 2 N–H and O–H groups in total. The number of benzene rings is 1. The summed E-state index contributed by atoms with van der Waals surface area (Å²) in [4.78, 5) is 25.4. The van der Waals surface area contributed by atoms with Crippen molar-refractivity contribution in [1.29, 1.82) is 0 Å². The molecule has 0 radical (unpaired) electrons. The number of sulfone groups is 1. The average molecular weight is 522 g/mol. The van der Waals surface area contributed by atoms with E-state index in [1.165, 1.54) is 18.3 Å². The fourth-order valence-electron chi connectivity index (χ4n) is 3.27. The third kappa shape index (κ3) is 5.57. The number of thiophene rings is 1. The number of aromatic nitrogens is 1.